The van der Waals surface area contributed by atoms with Crippen LogP contribution in [0, 0.1) is 6.92 Å². The predicted molar refractivity (Wildman–Crippen MR) is 64.2 cm³/mol. The van der Waals surface area contributed by atoms with Gasteiger partial charge in [-0.3, -0.25) is 0 Å². The number of nitrogens with one attached hydrogen (secondary N) is 2. The van der Waals surface area contributed by atoms with E-state index in [1.807, 2.05) is 5.51 Å². The molecule has 1 aromatic rings. The van der Waals surface area contributed by atoms with Gasteiger partial charge in [-0.15, -0.1) is 11.3 Å². The fraction of sp³-hybridized carbons (Fsp3) is 0.727. The zero-order valence-corrected chi connectivity index (χ0v) is 10.3. The quantitative estimate of drug-likeness (QED) is 0.818. The lowest BCUT2D eigenvalue weighted by Crippen LogP contribution is -2.45. The van der Waals surface area contributed by atoms with Crippen molar-refractivity contribution in [2.24, 2.45) is 0 Å². The van der Waals surface area contributed by atoms with Gasteiger partial charge in [-0.05, 0) is 33.2 Å². The third-order valence-electron chi connectivity index (χ3n) is 3.10. The van der Waals surface area contributed by atoms with Gasteiger partial charge in [-0.25, -0.2) is 4.98 Å². The van der Waals surface area contributed by atoms with Crippen molar-refractivity contribution < 1.29 is 0 Å². The molecule has 1 aliphatic rings. The van der Waals surface area contributed by atoms with E-state index in [0.717, 1.165) is 25.3 Å². The maximum atomic E-state index is 4.25. The molecule has 0 saturated carbocycles. The molecular weight excluding hydrogens is 206 g/mol. The molecule has 2 N–H and O–H groups in total. The van der Waals surface area contributed by atoms with Crippen molar-refractivity contribution in [2.45, 2.75) is 38.8 Å². The number of thiazole rings is 1. The molecule has 3 nitrogen and oxygen atoms in total. The van der Waals surface area contributed by atoms with Gasteiger partial charge in [-0.2, -0.15) is 0 Å². The summed E-state index contributed by atoms with van der Waals surface area (Å²) in [5.41, 5.74) is 3.39. The first kappa shape index (κ1) is 11.0. The second-order valence-electron chi connectivity index (χ2n) is 4.56. The Kier molecular flexibility index (Phi) is 3.38. The molecule has 84 valence electrons. The van der Waals surface area contributed by atoms with Crippen LogP contribution in [0.5, 0.6) is 0 Å². The second kappa shape index (κ2) is 4.60. The van der Waals surface area contributed by atoms with E-state index >= 15 is 0 Å². The summed E-state index contributed by atoms with van der Waals surface area (Å²) in [6, 6.07) is 0. The van der Waals surface area contributed by atoms with Crippen molar-refractivity contribution >= 4 is 11.3 Å². The number of nitrogens with zero attached hydrogens (tertiary/aromatic N) is 1. The summed E-state index contributed by atoms with van der Waals surface area (Å²) in [7, 11) is 0. The SMILES string of the molecule is Cc1ncsc1CNCC1(C)CCCN1. The van der Waals surface area contributed by atoms with Gasteiger partial charge < -0.3 is 10.6 Å². The van der Waals surface area contributed by atoms with Crippen LogP contribution in [0.25, 0.3) is 0 Å². The van der Waals surface area contributed by atoms with Crippen molar-refractivity contribution in [3.8, 4) is 0 Å². The molecule has 15 heavy (non-hydrogen) atoms. The lowest BCUT2D eigenvalue weighted by molar-refractivity contribution is 0.385. The summed E-state index contributed by atoms with van der Waals surface area (Å²) >= 11 is 1.74. The van der Waals surface area contributed by atoms with Gasteiger partial charge in [0.1, 0.15) is 0 Å². The predicted octanol–water partition coefficient (Wildman–Crippen LogP) is 1.68. The number of hydrogen-bond donors (Lipinski definition) is 2. The topological polar surface area (TPSA) is 37.0 Å². The molecule has 0 bridgehead atoms. The second-order valence-corrected chi connectivity index (χ2v) is 5.49. The molecule has 0 aromatic carbocycles. The molecule has 1 unspecified atom stereocenters. The average Bonchev–Trinajstić information content (AvgIpc) is 2.78. The van der Waals surface area contributed by atoms with Gasteiger partial charge in [0, 0.05) is 23.5 Å². The van der Waals surface area contributed by atoms with Crippen LogP contribution in [0.3, 0.4) is 0 Å². The van der Waals surface area contributed by atoms with E-state index in [4.69, 9.17) is 0 Å². The highest BCUT2D eigenvalue weighted by atomic mass is 32.1. The zero-order chi connectivity index (χ0) is 10.7. The Morgan fingerprint density at radius 1 is 1.67 bits per heavy atom. The molecular formula is C11H19N3S. The minimum absolute atomic E-state index is 0.304. The van der Waals surface area contributed by atoms with E-state index in [2.05, 4.69) is 29.5 Å². The third kappa shape index (κ3) is 2.77. The number of aromatic nitrogens is 1. The lowest BCUT2D eigenvalue weighted by atomic mass is 10.0. The van der Waals surface area contributed by atoms with E-state index in [0.29, 0.717) is 5.54 Å². The summed E-state index contributed by atoms with van der Waals surface area (Å²) < 4.78 is 0. The van der Waals surface area contributed by atoms with Crippen molar-refractivity contribution in [1.82, 2.24) is 15.6 Å². The van der Waals surface area contributed by atoms with Crippen molar-refractivity contribution in [3.63, 3.8) is 0 Å². The Hall–Kier alpha value is -0.450. The normalized spacial score (nSPS) is 26.0. The van der Waals surface area contributed by atoms with Crippen molar-refractivity contribution in [3.05, 3.63) is 16.1 Å². The molecule has 0 aliphatic carbocycles. The van der Waals surface area contributed by atoms with Crippen molar-refractivity contribution in [2.75, 3.05) is 13.1 Å². The van der Waals surface area contributed by atoms with E-state index < -0.39 is 0 Å². The summed E-state index contributed by atoms with van der Waals surface area (Å²) in [5, 5.41) is 7.07. The van der Waals surface area contributed by atoms with Crippen LogP contribution in [-0.4, -0.2) is 23.6 Å². The minimum atomic E-state index is 0.304. The lowest BCUT2D eigenvalue weighted by Gasteiger charge is -2.24. The van der Waals surface area contributed by atoms with Gasteiger partial charge in [-0.1, -0.05) is 0 Å². The summed E-state index contributed by atoms with van der Waals surface area (Å²) in [6.07, 6.45) is 2.58. The number of aryl methyl sites for hydroxylation is 1. The van der Waals surface area contributed by atoms with Gasteiger partial charge in [0.05, 0.1) is 11.2 Å². The van der Waals surface area contributed by atoms with Gasteiger partial charge in [0.25, 0.3) is 0 Å². The van der Waals surface area contributed by atoms with Crippen molar-refractivity contribution in [1.29, 1.82) is 0 Å². The molecule has 4 heteroatoms. The van der Waals surface area contributed by atoms with Crippen LogP contribution in [0.1, 0.15) is 30.3 Å². The fourth-order valence-corrected chi connectivity index (χ4v) is 2.80. The molecule has 1 aliphatic heterocycles. The molecule has 1 aromatic heterocycles. The van der Waals surface area contributed by atoms with Gasteiger partial charge in [0.2, 0.25) is 0 Å². The molecule has 0 amide bonds. The van der Waals surface area contributed by atoms with Crippen LogP contribution in [0.15, 0.2) is 5.51 Å². The van der Waals surface area contributed by atoms with Crippen LogP contribution < -0.4 is 10.6 Å². The molecule has 1 fully saturated rings. The standard InChI is InChI=1S/C11H19N3S/c1-9-10(15-8-13-9)6-12-7-11(2)4-3-5-14-11/h8,12,14H,3-7H2,1-2H3. The summed E-state index contributed by atoms with van der Waals surface area (Å²) in [4.78, 5) is 5.61. The van der Waals surface area contributed by atoms with E-state index in [1.54, 1.807) is 11.3 Å². The smallest absolute Gasteiger partial charge is 0.0798 e. The van der Waals surface area contributed by atoms with E-state index in [1.165, 1.54) is 17.7 Å². The minimum Gasteiger partial charge on any atom is -0.310 e. The summed E-state index contributed by atoms with van der Waals surface area (Å²) in [6.45, 7) is 7.53. The number of rotatable bonds is 4. The first-order valence-electron chi connectivity index (χ1n) is 5.54. The molecule has 2 rings (SSSR count). The average molecular weight is 225 g/mol. The van der Waals surface area contributed by atoms with E-state index in [-0.39, 0.29) is 0 Å². The molecule has 0 radical (unpaired) electrons. The highest BCUT2D eigenvalue weighted by Gasteiger charge is 2.27. The highest BCUT2D eigenvalue weighted by molar-refractivity contribution is 7.09. The maximum absolute atomic E-state index is 4.25. The molecule has 1 saturated heterocycles. The molecule has 0 spiro atoms. The fourth-order valence-electron chi connectivity index (χ4n) is 2.06. The first-order valence-corrected chi connectivity index (χ1v) is 6.42. The Morgan fingerprint density at radius 3 is 3.13 bits per heavy atom. The van der Waals surface area contributed by atoms with Gasteiger partial charge in [0.15, 0.2) is 0 Å². The Labute approximate surface area is 95.3 Å². The van der Waals surface area contributed by atoms with Crippen LogP contribution >= 0.6 is 11.3 Å². The zero-order valence-electron chi connectivity index (χ0n) is 9.47. The summed E-state index contributed by atoms with van der Waals surface area (Å²) in [5.74, 6) is 0. The van der Waals surface area contributed by atoms with E-state index in [9.17, 15) is 0 Å². The molecule has 2 heterocycles. The van der Waals surface area contributed by atoms with Crippen LogP contribution in [0.4, 0.5) is 0 Å². The molecule has 1 atom stereocenters. The monoisotopic (exact) mass is 225 g/mol. The largest absolute Gasteiger partial charge is 0.310 e. The number of hydrogen-bond acceptors (Lipinski definition) is 4. The van der Waals surface area contributed by atoms with Crippen LogP contribution in [-0.2, 0) is 6.54 Å². The maximum Gasteiger partial charge on any atom is 0.0798 e. The Balaban J connectivity index is 1.77. The Morgan fingerprint density at radius 2 is 2.53 bits per heavy atom. The van der Waals surface area contributed by atoms with Crippen LogP contribution in [0.2, 0.25) is 0 Å². The third-order valence-corrected chi connectivity index (χ3v) is 4.04. The Bertz CT molecular complexity index is 315. The highest BCUT2D eigenvalue weighted by Crippen LogP contribution is 2.18. The first-order chi connectivity index (χ1) is 7.20. The van der Waals surface area contributed by atoms with Gasteiger partial charge >= 0.3 is 0 Å².